The first-order chi connectivity index (χ1) is 10.3. The van der Waals surface area contributed by atoms with Gasteiger partial charge in [-0.05, 0) is 23.3 Å². The van der Waals surface area contributed by atoms with Gasteiger partial charge >= 0.3 is 0 Å². The topological polar surface area (TPSA) is 39.4 Å². The molecule has 3 nitrogen and oxygen atoms in total. The summed E-state index contributed by atoms with van der Waals surface area (Å²) in [6.45, 7) is 0.776. The standard InChI is InChI=1S/C17H14BrN3/c18-15-8-6-14(7-9-15)17(12-19)21-11-10-16(20-21)13-4-2-1-3-5-13/h1-9,17H,10-11H2/t17-/m0/s1. The molecule has 104 valence electrons. The smallest absolute Gasteiger partial charge is 0.158 e. The fraction of sp³-hybridized carbons (Fsp3) is 0.176. The predicted octanol–water partition coefficient (Wildman–Crippen LogP) is 4.12. The molecule has 21 heavy (non-hydrogen) atoms. The molecule has 1 atom stereocenters. The molecule has 4 heteroatoms. The van der Waals surface area contributed by atoms with E-state index < -0.39 is 0 Å². The van der Waals surface area contributed by atoms with Gasteiger partial charge in [0, 0.05) is 17.4 Å². The van der Waals surface area contributed by atoms with Gasteiger partial charge < -0.3 is 0 Å². The second-order valence-electron chi connectivity index (χ2n) is 4.91. The first-order valence-corrected chi connectivity index (χ1v) is 7.62. The van der Waals surface area contributed by atoms with Crippen molar-refractivity contribution in [1.82, 2.24) is 5.01 Å². The summed E-state index contributed by atoms with van der Waals surface area (Å²) in [5, 5.41) is 16.0. The molecule has 0 unspecified atom stereocenters. The van der Waals surface area contributed by atoms with Crippen LogP contribution in [-0.2, 0) is 0 Å². The van der Waals surface area contributed by atoms with Crippen LogP contribution < -0.4 is 0 Å². The lowest BCUT2D eigenvalue weighted by Crippen LogP contribution is -2.20. The van der Waals surface area contributed by atoms with Gasteiger partial charge in [0.05, 0.1) is 11.8 Å². The van der Waals surface area contributed by atoms with Gasteiger partial charge in [-0.1, -0.05) is 58.4 Å². The van der Waals surface area contributed by atoms with Gasteiger partial charge in [-0.2, -0.15) is 10.4 Å². The van der Waals surface area contributed by atoms with E-state index in [1.54, 1.807) is 0 Å². The zero-order chi connectivity index (χ0) is 14.7. The molecule has 0 spiro atoms. The number of hydrogen-bond acceptors (Lipinski definition) is 3. The first-order valence-electron chi connectivity index (χ1n) is 6.82. The van der Waals surface area contributed by atoms with E-state index in [2.05, 4.69) is 39.2 Å². The van der Waals surface area contributed by atoms with Crippen molar-refractivity contribution in [3.05, 3.63) is 70.2 Å². The van der Waals surface area contributed by atoms with E-state index in [1.165, 1.54) is 0 Å². The quantitative estimate of drug-likeness (QED) is 0.843. The molecule has 1 aliphatic heterocycles. The Morgan fingerprint density at radius 2 is 1.81 bits per heavy atom. The molecular formula is C17H14BrN3. The van der Waals surface area contributed by atoms with E-state index in [0.29, 0.717) is 0 Å². The van der Waals surface area contributed by atoms with E-state index in [1.807, 2.05) is 47.5 Å². The number of hydrazone groups is 1. The lowest BCUT2D eigenvalue weighted by Gasteiger charge is -2.20. The molecule has 0 saturated carbocycles. The molecule has 0 radical (unpaired) electrons. The minimum atomic E-state index is -0.334. The molecule has 0 amide bonds. The zero-order valence-corrected chi connectivity index (χ0v) is 13.0. The van der Waals surface area contributed by atoms with Gasteiger partial charge in [0.1, 0.15) is 0 Å². The first kappa shape index (κ1) is 13.8. The van der Waals surface area contributed by atoms with Gasteiger partial charge in [0.25, 0.3) is 0 Å². The van der Waals surface area contributed by atoms with Crippen molar-refractivity contribution in [2.24, 2.45) is 5.10 Å². The van der Waals surface area contributed by atoms with Crippen molar-refractivity contribution in [2.75, 3.05) is 6.54 Å². The SMILES string of the molecule is N#C[C@@H](c1ccc(Br)cc1)N1CCC(c2ccccc2)=N1. The summed E-state index contributed by atoms with van der Waals surface area (Å²) in [6.07, 6.45) is 0.874. The second-order valence-corrected chi connectivity index (χ2v) is 5.82. The van der Waals surface area contributed by atoms with Crippen molar-refractivity contribution in [1.29, 1.82) is 5.26 Å². The van der Waals surface area contributed by atoms with Crippen LogP contribution in [0.1, 0.15) is 23.6 Å². The number of rotatable bonds is 3. The van der Waals surface area contributed by atoms with Crippen molar-refractivity contribution in [3.63, 3.8) is 0 Å². The lowest BCUT2D eigenvalue weighted by molar-refractivity contribution is 0.275. The summed E-state index contributed by atoms with van der Waals surface area (Å²) >= 11 is 3.42. The molecule has 2 aromatic carbocycles. The monoisotopic (exact) mass is 339 g/mol. The zero-order valence-electron chi connectivity index (χ0n) is 11.4. The van der Waals surface area contributed by atoms with Gasteiger partial charge in [0.15, 0.2) is 6.04 Å². The fourth-order valence-electron chi connectivity index (χ4n) is 2.45. The summed E-state index contributed by atoms with van der Waals surface area (Å²) in [4.78, 5) is 0. The molecule has 2 aromatic rings. The molecule has 3 rings (SSSR count). The third-order valence-corrected chi connectivity index (χ3v) is 4.07. The number of benzene rings is 2. The van der Waals surface area contributed by atoms with Gasteiger partial charge in [0.2, 0.25) is 0 Å². The van der Waals surface area contributed by atoms with Crippen molar-refractivity contribution in [3.8, 4) is 6.07 Å². The maximum absolute atomic E-state index is 9.49. The maximum Gasteiger partial charge on any atom is 0.158 e. The molecule has 0 aromatic heterocycles. The largest absolute Gasteiger partial charge is 0.275 e. The van der Waals surface area contributed by atoms with Gasteiger partial charge in [-0.15, -0.1) is 0 Å². The van der Waals surface area contributed by atoms with Crippen LogP contribution in [0.15, 0.2) is 64.2 Å². The highest BCUT2D eigenvalue weighted by molar-refractivity contribution is 9.10. The Morgan fingerprint density at radius 3 is 2.48 bits per heavy atom. The molecular weight excluding hydrogens is 326 g/mol. The van der Waals surface area contributed by atoms with Crippen LogP contribution in [0, 0.1) is 11.3 Å². The van der Waals surface area contributed by atoms with E-state index in [4.69, 9.17) is 0 Å². The van der Waals surface area contributed by atoms with Crippen LogP contribution in [0.4, 0.5) is 0 Å². The molecule has 0 saturated heterocycles. The minimum Gasteiger partial charge on any atom is -0.275 e. The summed E-state index contributed by atoms with van der Waals surface area (Å²) in [5.74, 6) is 0. The Balaban J connectivity index is 1.85. The third kappa shape index (κ3) is 2.98. The fourth-order valence-corrected chi connectivity index (χ4v) is 2.72. The predicted molar refractivity (Wildman–Crippen MR) is 86.8 cm³/mol. The Hall–Kier alpha value is -2.12. The molecule has 1 aliphatic rings. The molecule has 0 fully saturated rings. The Kier molecular flexibility index (Phi) is 4.03. The average Bonchev–Trinajstić information content (AvgIpc) is 3.00. The van der Waals surface area contributed by atoms with E-state index in [0.717, 1.165) is 34.3 Å². The van der Waals surface area contributed by atoms with Crippen LogP contribution in [0.3, 0.4) is 0 Å². The van der Waals surface area contributed by atoms with Gasteiger partial charge in [-0.3, -0.25) is 5.01 Å². The van der Waals surface area contributed by atoms with Crippen LogP contribution in [0.25, 0.3) is 0 Å². The highest BCUT2D eigenvalue weighted by Crippen LogP contribution is 2.26. The molecule has 0 bridgehead atoms. The van der Waals surface area contributed by atoms with E-state index in [-0.39, 0.29) is 6.04 Å². The highest BCUT2D eigenvalue weighted by atomic mass is 79.9. The summed E-state index contributed by atoms with van der Waals surface area (Å²) in [5.41, 5.74) is 3.15. The normalized spacial score (nSPS) is 15.4. The van der Waals surface area contributed by atoms with Crippen LogP contribution >= 0.6 is 15.9 Å². The summed E-state index contributed by atoms with van der Waals surface area (Å²) in [6, 6.07) is 20.0. The Morgan fingerprint density at radius 1 is 1.10 bits per heavy atom. The van der Waals surface area contributed by atoms with Crippen molar-refractivity contribution < 1.29 is 0 Å². The van der Waals surface area contributed by atoms with Crippen molar-refractivity contribution in [2.45, 2.75) is 12.5 Å². The molecule has 0 aliphatic carbocycles. The molecule has 1 heterocycles. The Labute approximate surface area is 132 Å². The summed E-state index contributed by atoms with van der Waals surface area (Å²) in [7, 11) is 0. The number of hydrogen-bond donors (Lipinski definition) is 0. The van der Waals surface area contributed by atoms with Crippen LogP contribution in [0.5, 0.6) is 0 Å². The van der Waals surface area contributed by atoms with E-state index >= 15 is 0 Å². The van der Waals surface area contributed by atoms with E-state index in [9.17, 15) is 5.26 Å². The van der Waals surface area contributed by atoms with Crippen LogP contribution in [0.2, 0.25) is 0 Å². The third-order valence-electron chi connectivity index (χ3n) is 3.54. The Bertz CT molecular complexity index is 686. The second kappa shape index (κ2) is 6.11. The van der Waals surface area contributed by atoms with Crippen LogP contribution in [-0.4, -0.2) is 17.3 Å². The highest BCUT2D eigenvalue weighted by Gasteiger charge is 2.24. The van der Waals surface area contributed by atoms with Gasteiger partial charge in [-0.25, -0.2) is 0 Å². The number of nitriles is 1. The number of halogens is 1. The summed E-state index contributed by atoms with van der Waals surface area (Å²) < 4.78 is 1.01. The maximum atomic E-state index is 9.49. The minimum absolute atomic E-state index is 0.334. The lowest BCUT2D eigenvalue weighted by atomic mass is 10.1. The molecule has 0 N–H and O–H groups in total. The average molecular weight is 340 g/mol. The van der Waals surface area contributed by atoms with Crippen molar-refractivity contribution >= 4 is 21.6 Å². The number of nitrogens with zero attached hydrogens (tertiary/aromatic N) is 3.